The summed E-state index contributed by atoms with van der Waals surface area (Å²) in [7, 11) is 0. The Kier molecular flexibility index (Phi) is 6.22. The molecule has 226 valence electrons. The number of nitrogens with zero attached hydrogens (tertiary/aromatic N) is 2. The first-order chi connectivity index (χ1) is 23.8. The summed E-state index contributed by atoms with van der Waals surface area (Å²) in [6.45, 7) is 0. The Morgan fingerprint density at radius 1 is 0.438 bits per heavy atom. The molecular formula is C43H26N2OS2. The van der Waals surface area contributed by atoms with Crippen molar-refractivity contribution in [2.75, 3.05) is 4.90 Å². The van der Waals surface area contributed by atoms with Crippen LogP contribution in [0.5, 0.6) is 0 Å². The van der Waals surface area contributed by atoms with Crippen LogP contribution >= 0.6 is 22.7 Å². The summed E-state index contributed by atoms with van der Waals surface area (Å²) in [5.74, 6) is 0. The highest BCUT2D eigenvalue weighted by atomic mass is 32.1. The molecule has 0 atom stereocenters. The van der Waals surface area contributed by atoms with E-state index in [-0.39, 0.29) is 0 Å². The molecule has 0 fully saturated rings. The molecule has 5 heteroatoms. The molecule has 0 spiro atoms. The van der Waals surface area contributed by atoms with E-state index in [0.29, 0.717) is 0 Å². The predicted molar refractivity (Wildman–Crippen MR) is 205 cm³/mol. The van der Waals surface area contributed by atoms with E-state index in [1.165, 1.54) is 36.0 Å². The van der Waals surface area contributed by atoms with Gasteiger partial charge in [-0.05, 0) is 71.8 Å². The number of benzene rings is 7. The third-order valence-electron chi connectivity index (χ3n) is 9.11. The van der Waals surface area contributed by atoms with Gasteiger partial charge in [0, 0.05) is 53.6 Å². The summed E-state index contributed by atoms with van der Waals surface area (Å²) in [4.78, 5) is 7.53. The highest BCUT2D eigenvalue weighted by molar-refractivity contribution is 7.26. The van der Waals surface area contributed by atoms with E-state index >= 15 is 0 Å². The van der Waals surface area contributed by atoms with Crippen molar-refractivity contribution in [3.05, 3.63) is 158 Å². The largest absolute Gasteiger partial charge is 0.456 e. The maximum Gasteiger partial charge on any atom is 0.135 e. The number of fused-ring (bicyclic) bond motifs is 8. The quantitative estimate of drug-likeness (QED) is 0.186. The zero-order valence-corrected chi connectivity index (χ0v) is 27.3. The molecule has 0 bridgehead atoms. The van der Waals surface area contributed by atoms with Gasteiger partial charge in [0.15, 0.2) is 0 Å². The van der Waals surface area contributed by atoms with E-state index in [9.17, 15) is 0 Å². The van der Waals surface area contributed by atoms with Gasteiger partial charge in [0.1, 0.15) is 16.2 Å². The molecule has 0 unspecified atom stereocenters. The molecule has 0 aliphatic rings. The number of thiazole rings is 1. The van der Waals surface area contributed by atoms with Crippen molar-refractivity contribution in [3.8, 4) is 21.7 Å². The third kappa shape index (κ3) is 4.43. The number of para-hydroxylation sites is 1. The fourth-order valence-corrected chi connectivity index (χ4v) is 8.94. The van der Waals surface area contributed by atoms with Crippen molar-refractivity contribution in [2.45, 2.75) is 0 Å². The summed E-state index contributed by atoms with van der Waals surface area (Å²) in [5, 5.41) is 5.77. The van der Waals surface area contributed by atoms with Gasteiger partial charge in [0.25, 0.3) is 0 Å². The van der Waals surface area contributed by atoms with E-state index in [1.807, 2.05) is 23.5 Å². The molecule has 0 saturated carbocycles. The van der Waals surface area contributed by atoms with Crippen molar-refractivity contribution in [1.29, 1.82) is 0 Å². The second-order valence-corrected chi connectivity index (χ2v) is 14.1. The normalized spacial score (nSPS) is 11.8. The number of furan rings is 1. The minimum Gasteiger partial charge on any atom is -0.456 e. The Hall–Kier alpha value is -5.75. The third-order valence-corrected chi connectivity index (χ3v) is 11.3. The Morgan fingerprint density at radius 3 is 1.92 bits per heavy atom. The molecular weight excluding hydrogens is 625 g/mol. The van der Waals surface area contributed by atoms with Gasteiger partial charge in [-0.1, -0.05) is 97.1 Å². The second kappa shape index (κ2) is 10.9. The fourth-order valence-electron chi connectivity index (χ4n) is 6.82. The van der Waals surface area contributed by atoms with Crippen LogP contribution < -0.4 is 4.90 Å². The van der Waals surface area contributed by atoms with Gasteiger partial charge in [0.2, 0.25) is 0 Å². The molecule has 48 heavy (non-hydrogen) atoms. The molecule has 3 aromatic heterocycles. The molecule has 0 N–H and O–H groups in total. The zero-order chi connectivity index (χ0) is 31.6. The van der Waals surface area contributed by atoms with Gasteiger partial charge in [-0.15, -0.1) is 22.7 Å². The van der Waals surface area contributed by atoms with Crippen LogP contribution in [0.4, 0.5) is 17.1 Å². The summed E-state index contributed by atoms with van der Waals surface area (Å²) >= 11 is 3.59. The Balaban J connectivity index is 1.14. The number of hydrogen-bond donors (Lipinski definition) is 0. The number of anilines is 3. The van der Waals surface area contributed by atoms with E-state index in [0.717, 1.165) is 55.1 Å². The first-order valence-electron chi connectivity index (χ1n) is 15.9. The first kappa shape index (κ1) is 27.4. The molecule has 0 saturated heterocycles. The standard InChI is InChI=1S/C43H26N2OS2/c1-3-9-27(10-4-1)28-15-17-30(18-16-28)45(31-20-22-37-35(25-31)33-13-7-8-14-36(33)46-37)32-19-21-34-40(26-32)47-38-23-24-39-42(41(34)38)44-43(48-39)29-11-5-2-6-12-29/h1-26H. The minimum atomic E-state index is 0.890. The second-order valence-electron chi connectivity index (χ2n) is 12.0. The van der Waals surface area contributed by atoms with Crippen LogP contribution in [0.25, 0.3) is 74.0 Å². The van der Waals surface area contributed by atoms with Crippen molar-refractivity contribution in [2.24, 2.45) is 0 Å². The van der Waals surface area contributed by atoms with Crippen LogP contribution in [0, 0.1) is 0 Å². The minimum absolute atomic E-state index is 0.890. The molecule has 3 heterocycles. The van der Waals surface area contributed by atoms with E-state index in [2.05, 4.69) is 150 Å². The van der Waals surface area contributed by atoms with Gasteiger partial charge in [-0.2, -0.15) is 0 Å². The smallest absolute Gasteiger partial charge is 0.135 e. The highest BCUT2D eigenvalue weighted by Crippen LogP contribution is 2.45. The molecule has 10 aromatic rings. The lowest BCUT2D eigenvalue weighted by atomic mass is 10.0. The Morgan fingerprint density at radius 2 is 1.08 bits per heavy atom. The lowest BCUT2D eigenvalue weighted by Gasteiger charge is -2.26. The average Bonchev–Trinajstić information content (AvgIpc) is 3.86. The SMILES string of the molecule is c1ccc(-c2ccc(N(c3ccc4c(c3)sc3ccc5sc(-c6ccccc6)nc5c34)c3ccc4oc5ccccc5c4c3)cc2)cc1. The van der Waals surface area contributed by atoms with Crippen molar-refractivity contribution in [1.82, 2.24) is 4.98 Å². The van der Waals surface area contributed by atoms with Crippen molar-refractivity contribution >= 4 is 92.1 Å². The number of rotatable bonds is 5. The molecule has 0 aliphatic heterocycles. The summed E-state index contributed by atoms with van der Waals surface area (Å²) < 4.78 is 9.91. The highest BCUT2D eigenvalue weighted by Gasteiger charge is 2.19. The molecule has 10 rings (SSSR count). The summed E-state index contributed by atoms with van der Waals surface area (Å²) in [5.41, 5.74) is 9.71. The van der Waals surface area contributed by atoms with E-state index in [4.69, 9.17) is 9.40 Å². The van der Waals surface area contributed by atoms with Gasteiger partial charge < -0.3 is 9.32 Å². The van der Waals surface area contributed by atoms with Crippen LogP contribution in [0.1, 0.15) is 0 Å². The topological polar surface area (TPSA) is 29.3 Å². The predicted octanol–water partition coefficient (Wildman–Crippen LogP) is 13.4. The van der Waals surface area contributed by atoms with Gasteiger partial charge in [0.05, 0.1) is 10.2 Å². The fraction of sp³-hybridized carbons (Fsp3) is 0. The van der Waals surface area contributed by atoms with Crippen LogP contribution in [0.15, 0.2) is 162 Å². The Bertz CT molecular complexity index is 2780. The lowest BCUT2D eigenvalue weighted by Crippen LogP contribution is -2.09. The van der Waals surface area contributed by atoms with Crippen LogP contribution in [-0.4, -0.2) is 4.98 Å². The number of aromatic nitrogens is 1. The van der Waals surface area contributed by atoms with Gasteiger partial charge in [-0.25, -0.2) is 4.98 Å². The van der Waals surface area contributed by atoms with Gasteiger partial charge >= 0.3 is 0 Å². The average molecular weight is 651 g/mol. The molecule has 0 aliphatic carbocycles. The van der Waals surface area contributed by atoms with Crippen molar-refractivity contribution < 1.29 is 4.42 Å². The van der Waals surface area contributed by atoms with Crippen LogP contribution in [0.2, 0.25) is 0 Å². The first-order valence-corrected chi connectivity index (χ1v) is 17.6. The molecule has 7 aromatic carbocycles. The molecule has 3 nitrogen and oxygen atoms in total. The Labute approximate surface area is 284 Å². The lowest BCUT2D eigenvalue weighted by molar-refractivity contribution is 0.669. The number of thiophene rings is 1. The van der Waals surface area contributed by atoms with Crippen LogP contribution in [-0.2, 0) is 0 Å². The van der Waals surface area contributed by atoms with Crippen molar-refractivity contribution in [3.63, 3.8) is 0 Å². The van der Waals surface area contributed by atoms with E-state index < -0.39 is 0 Å². The molecule has 0 amide bonds. The van der Waals surface area contributed by atoms with Gasteiger partial charge in [-0.3, -0.25) is 0 Å². The summed E-state index contributed by atoms with van der Waals surface area (Å²) in [6, 6.07) is 56.0. The van der Waals surface area contributed by atoms with Crippen LogP contribution in [0.3, 0.4) is 0 Å². The summed E-state index contributed by atoms with van der Waals surface area (Å²) in [6.07, 6.45) is 0. The number of hydrogen-bond acceptors (Lipinski definition) is 5. The monoisotopic (exact) mass is 650 g/mol. The van der Waals surface area contributed by atoms with E-state index in [1.54, 1.807) is 11.3 Å². The maximum absolute atomic E-state index is 6.20. The zero-order valence-electron chi connectivity index (χ0n) is 25.6. The molecule has 0 radical (unpaired) electrons. The maximum atomic E-state index is 6.20.